The molecule has 0 aliphatic heterocycles. The first kappa shape index (κ1) is 14.5. The highest BCUT2D eigenvalue weighted by atomic mass is 35.5. The number of rotatable bonds is 5. The van der Waals surface area contributed by atoms with E-state index in [1.165, 1.54) is 12.2 Å². The number of aliphatic carboxylic acids is 1. The van der Waals surface area contributed by atoms with E-state index in [1.807, 2.05) is 5.48 Å². The van der Waals surface area contributed by atoms with Gasteiger partial charge >= 0.3 is 5.97 Å². The predicted molar refractivity (Wildman–Crippen MR) is 67.2 cm³/mol. The van der Waals surface area contributed by atoms with Crippen molar-refractivity contribution in [2.24, 2.45) is 0 Å². The van der Waals surface area contributed by atoms with Crippen LogP contribution in [0, 0.1) is 0 Å². The van der Waals surface area contributed by atoms with E-state index >= 15 is 0 Å². The van der Waals surface area contributed by atoms with Gasteiger partial charge in [0, 0.05) is 6.08 Å². The van der Waals surface area contributed by atoms with Gasteiger partial charge in [-0.3, -0.25) is 9.63 Å². The number of nitrogens with one attached hydrogen (secondary N) is 1. The lowest BCUT2D eigenvalue weighted by molar-refractivity contribution is -0.147. The molecule has 7 heteroatoms. The first-order valence-corrected chi connectivity index (χ1v) is 5.51. The normalized spacial score (nSPS) is 10.6. The highest BCUT2D eigenvalue weighted by molar-refractivity contribution is 6.42. The molecule has 0 heterocycles. The Labute approximate surface area is 113 Å². The molecule has 0 fully saturated rings. The quantitative estimate of drug-likeness (QED) is 0.643. The fraction of sp³-hybridized carbons (Fsp3) is 0.0909. The Morgan fingerprint density at radius 1 is 1.33 bits per heavy atom. The number of carboxylic acids is 1. The van der Waals surface area contributed by atoms with Crippen molar-refractivity contribution in [1.29, 1.82) is 0 Å². The lowest BCUT2D eigenvalue weighted by Crippen LogP contribution is -2.24. The number of hydrogen-bond donors (Lipinski definition) is 2. The summed E-state index contributed by atoms with van der Waals surface area (Å²) in [5.41, 5.74) is 2.62. The molecule has 96 valence electrons. The molecule has 0 saturated carbocycles. The largest absolute Gasteiger partial charge is 0.479 e. The molecule has 2 N–H and O–H groups in total. The zero-order chi connectivity index (χ0) is 13.5. The van der Waals surface area contributed by atoms with Gasteiger partial charge in [0.15, 0.2) is 6.61 Å². The Morgan fingerprint density at radius 2 is 2.06 bits per heavy atom. The predicted octanol–water partition coefficient (Wildman–Crippen LogP) is 2.14. The second-order valence-corrected chi connectivity index (χ2v) is 3.97. The third-order valence-corrected chi connectivity index (χ3v) is 2.48. The lowest BCUT2D eigenvalue weighted by atomic mass is 10.2. The van der Waals surface area contributed by atoms with E-state index in [2.05, 4.69) is 4.84 Å². The Morgan fingerprint density at radius 3 is 2.67 bits per heavy atom. The van der Waals surface area contributed by atoms with Gasteiger partial charge < -0.3 is 5.11 Å². The van der Waals surface area contributed by atoms with Gasteiger partial charge in [-0.15, -0.1) is 0 Å². The van der Waals surface area contributed by atoms with Crippen LogP contribution in [0.15, 0.2) is 24.3 Å². The highest BCUT2D eigenvalue weighted by Gasteiger charge is 2.00. The van der Waals surface area contributed by atoms with Gasteiger partial charge in [-0.2, -0.15) is 0 Å². The topological polar surface area (TPSA) is 75.6 Å². The Balaban J connectivity index is 2.50. The molecule has 1 amide bonds. The summed E-state index contributed by atoms with van der Waals surface area (Å²) in [7, 11) is 0. The van der Waals surface area contributed by atoms with E-state index in [4.69, 9.17) is 28.3 Å². The number of carbonyl (C=O) groups is 2. The summed E-state index contributed by atoms with van der Waals surface area (Å²) in [5.74, 6) is -1.76. The van der Waals surface area contributed by atoms with Gasteiger partial charge in [-0.25, -0.2) is 10.3 Å². The molecule has 1 rings (SSSR count). The Hall–Kier alpha value is -1.56. The minimum absolute atomic E-state index is 0.376. The molecule has 0 unspecified atom stereocenters. The third-order valence-electron chi connectivity index (χ3n) is 1.74. The van der Waals surface area contributed by atoms with Gasteiger partial charge in [-0.05, 0) is 23.8 Å². The molecule has 0 saturated heterocycles. The van der Waals surface area contributed by atoms with Crippen molar-refractivity contribution < 1.29 is 19.5 Å². The van der Waals surface area contributed by atoms with E-state index in [9.17, 15) is 9.59 Å². The van der Waals surface area contributed by atoms with Crippen molar-refractivity contribution in [1.82, 2.24) is 5.48 Å². The summed E-state index contributed by atoms with van der Waals surface area (Å²) in [4.78, 5) is 25.7. The average Bonchev–Trinajstić information content (AvgIpc) is 2.30. The van der Waals surface area contributed by atoms with Crippen molar-refractivity contribution in [2.75, 3.05) is 6.61 Å². The summed E-state index contributed by atoms with van der Waals surface area (Å²) in [6, 6.07) is 4.87. The fourth-order valence-electron chi connectivity index (χ4n) is 0.991. The molecular weight excluding hydrogens is 281 g/mol. The molecule has 1 aromatic carbocycles. The number of carbonyl (C=O) groups excluding carboxylic acids is 1. The maximum atomic E-state index is 11.2. The van der Waals surface area contributed by atoms with Crippen LogP contribution >= 0.6 is 23.2 Å². The number of halogens is 2. The van der Waals surface area contributed by atoms with Crippen LogP contribution in [-0.4, -0.2) is 23.6 Å². The van der Waals surface area contributed by atoms with Gasteiger partial charge in [0.1, 0.15) is 0 Å². The second-order valence-electron chi connectivity index (χ2n) is 3.16. The highest BCUT2D eigenvalue weighted by Crippen LogP contribution is 2.22. The van der Waals surface area contributed by atoms with Crippen LogP contribution in [0.1, 0.15) is 5.56 Å². The van der Waals surface area contributed by atoms with Gasteiger partial charge in [0.25, 0.3) is 5.91 Å². The number of hydrogen-bond acceptors (Lipinski definition) is 3. The summed E-state index contributed by atoms with van der Waals surface area (Å²) in [5, 5.41) is 9.07. The molecule has 0 aromatic heterocycles. The first-order valence-electron chi connectivity index (χ1n) is 4.75. The summed E-state index contributed by atoms with van der Waals surface area (Å²) in [6.07, 6.45) is 2.67. The third kappa shape index (κ3) is 5.18. The maximum absolute atomic E-state index is 11.2. The molecule has 5 nitrogen and oxygen atoms in total. The zero-order valence-electron chi connectivity index (χ0n) is 9.02. The zero-order valence-corrected chi connectivity index (χ0v) is 10.5. The van der Waals surface area contributed by atoms with E-state index < -0.39 is 18.5 Å². The van der Waals surface area contributed by atoms with Crippen LogP contribution in [0.25, 0.3) is 6.08 Å². The SMILES string of the molecule is O=C(O)CONC(=O)/C=C/c1ccc(Cl)c(Cl)c1. The smallest absolute Gasteiger partial charge is 0.332 e. The van der Waals surface area contributed by atoms with Crippen molar-refractivity contribution in [3.63, 3.8) is 0 Å². The molecular formula is C11H9Cl2NO4. The van der Waals surface area contributed by atoms with Crippen LogP contribution in [0.4, 0.5) is 0 Å². The molecule has 0 aliphatic carbocycles. The molecule has 0 radical (unpaired) electrons. The number of amides is 1. The van der Waals surface area contributed by atoms with E-state index in [0.717, 1.165) is 0 Å². The summed E-state index contributed by atoms with van der Waals surface area (Å²) in [6.45, 7) is -0.605. The molecule has 0 spiro atoms. The van der Waals surface area contributed by atoms with Crippen LogP contribution in [0.5, 0.6) is 0 Å². The first-order chi connectivity index (χ1) is 8.49. The molecule has 0 aliphatic rings. The minimum Gasteiger partial charge on any atom is -0.479 e. The van der Waals surface area contributed by atoms with Crippen LogP contribution in [0.2, 0.25) is 10.0 Å². The summed E-state index contributed by atoms with van der Waals surface area (Å²) >= 11 is 11.5. The van der Waals surface area contributed by atoms with Gasteiger partial charge in [0.05, 0.1) is 10.0 Å². The van der Waals surface area contributed by atoms with E-state index in [-0.39, 0.29) is 0 Å². The van der Waals surface area contributed by atoms with E-state index in [0.29, 0.717) is 15.6 Å². The van der Waals surface area contributed by atoms with Crippen LogP contribution < -0.4 is 5.48 Å². The molecule has 18 heavy (non-hydrogen) atoms. The number of hydroxylamine groups is 1. The summed E-state index contributed by atoms with van der Waals surface area (Å²) < 4.78 is 0. The van der Waals surface area contributed by atoms with Crippen LogP contribution in [0.3, 0.4) is 0 Å². The molecule has 0 atom stereocenters. The van der Waals surface area contributed by atoms with Crippen molar-refractivity contribution in [2.45, 2.75) is 0 Å². The monoisotopic (exact) mass is 289 g/mol. The van der Waals surface area contributed by atoms with E-state index in [1.54, 1.807) is 18.2 Å². The standard InChI is InChI=1S/C11H9Cl2NO4/c12-8-3-1-7(5-9(8)13)2-4-10(15)14-18-6-11(16)17/h1-5H,6H2,(H,14,15)(H,16,17)/b4-2+. The van der Waals surface area contributed by atoms with Crippen molar-refractivity contribution in [3.8, 4) is 0 Å². The van der Waals surface area contributed by atoms with Crippen molar-refractivity contribution >= 4 is 41.2 Å². The molecule has 1 aromatic rings. The lowest BCUT2D eigenvalue weighted by Gasteiger charge is -2.00. The maximum Gasteiger partial charge on any atom is 0.332 e. The van der Waals surface area contributed by atoms with Gasteiger partial charge in [0.2, 0.25) is 0 Å². The van der Waals surface area contributed by atoms with Gasteiger partial charge in [-0.1, -0.05) is 29.3 Å². The fourth-order valence-corrected chi connectivity index (χ4v) is 1.30. The molecule has 0 bridgehead atoms. The number of carboxylic acid groups (broad SMARTS) is 1. The average molecular weight is 290 g/mol. The number of benzene rings is 1. The van der Waals surface area contributed by atoms with Crippen molar-refractivity contribution in [3.05, 3.63) is 39.9 Å². The minimum atomic E-state index is -1.18. The second kappa shape index (κ2) is 7.00. The Kier molecular flexibility index (Phi) is 5.64. The van der Waals surface area contributed by atoms with Crippen LogP contribution in [-0.2, 0) is 14.4 Å². The Bertz CT molecular complexity index is 488.